The minimum Gasteiger partial charge on any atom is -0.492 e. The Morgan fingerprint density at radius 2 is 2.00 bits per heavy atom. The quantitative estimate of drug-likeness (QED) is 0.557. The summed E-state index contributed by atoms with van der Waals surface area (Å²) < 4.78 is 59.3. The first-order valence-corrected chi connectivity index (χ1v) is 7.22. The molecule has 0 aromatic heterocycles. The molecule has 120 valence electrons. The highest BCUT2D eigenvalue weighted by Gasteiger charge is 2.27. The van der Waals surface area contributed by atoms with Gasteiger partial charge in [-0.1, -0.05) is 0 Å². The van der Waals surface area contributed by atoms with Gasteiger partial charge in [0.05, 0.1) is 13.2 Å². The molecule has 8 heteroatoms. The predicted octanol–water partition coefficient (Wildman–Crippen LogP) is 3.19. The number of nitrogens with one attached hydrogen (secondary N) is 1. The highest BCUT2D eigenvalue weighted by molar-refractivity contribution is 8.00. The van der Waals surface area contributed by atoms with Crippen LogP contribution in [-0.4, -0.2) is 38.1 Å². The largest absolute Gasteiger partial charge is 0.492 e. The average molecular weight is 327 g/mol. The second-order valence-electron chi connectivity index (χ2n) is 4.06. The van der Waals surface area contributed by atoms with E-state index in [1.165, 1.54) is 18.2 Å². The summed E-state index contributed by atoms with van der Waals surface area (Å²) in [5.74, 6) is -0.253. The van der Waals surface area contributed by atoms with Crippen molar-refractivity contribution in [3.05, 3.63) is 29.6 Å². The van der Waals surface area contributed by atoms with Crippen LogP contribution in [0.4, 0.5) is 17.6 Å². The van der Waals surface area contributed by atoms with Gasteiger partial charge in [0.15, 0.2) is 0 Å². The highest BCUT2D eigenvalue weighted by Crippen LogP contribution is 2.30. The molecule has 0 fully saturated rings. The SMILES string of the molecule is COCCNCc1cc(F)ccc1OCCSC(F)(F)F. The van der Waals surface area contributed by atoms with E-state index in [1.54, 1.807) is 7.11 Å². The molecule has 1 rings (SSSR count). The van der Waals surface area contributed by atoms with Crippen LogP contribution < -0.4 is 10.1 Å². The molecule has 0 aliphatic rings. The van der Waals surface area contributed by atoms with Crippen molar-refractivity contribution in [3.63, 3.8) is 0 Å². The van der Waals surface area contributed by atoms with E-state index in [1.807, 2.05) is 0 Å². The Labute approximate surface area is 125 Å². The minimum atomic E-state index is -4.27. The van der Waals surface area contributed by atoms with Crippen molar-refractivity contribution in [3.8, 4) is 5.75 Å². The van der Waals surface area contributed by atoms with Crippen LogP contribution in [0.5, 0.6) is 5.75 Å². The summed E-state index contributed by atoms with van der Waals surface area (Å²) in [5, 5.41) is 3.03. The number of thioether (sulfide) groups is 1. The van der Waals surface area contributed by atoms with E-state index in [0.717, 1.165) is 0 Å². The lowest BCUT2D eigenvalue weighted by Gasteiger charge is -2.13. The topological polar surface area (TPSA) is 30.5 Å². The maximum absolute atomic E-state index is 13.2. The number of hydrogen-bond acceptors (Lipinski definition) is 4. The fourth-order valence-electron chi connectivity index (χ4n) is 1.53. The first-order chi connectivity index (χ1) is 9.92. The van der Waals surface area contributed by atoms with Gasteiger partial charge in [-0.3, -0.25) is 0 Å². The lowest BCUT2D eigenvalue weighted by Crippen LogP contribution is -2.19. The molecule has 21 heavy (non-hydrogen) atoms. The van der Waals surface area contributed by atoms with E-state index in [4.69, 9.17) is 9.47 Å². The third kappa shape index (κ3) is 8.13. The first kappa shape index (κ1) is 18.1. The molecule has 0 saturated carbocycles. The van der Waals surface area contributed by atoms with E-state index in [2.05, 4.69) is 5.32 Å². The number of alkyl halides is 3. The summed E-state index contributed by atoms with van der Waals surface area (Å²) in [6.07, 6.45) is 0. The summed E-state index contributed by atoms with van der Waals surface area (Å²) in [6.45, 7) is 1.34. The molecular formula is C13H17F4NO2S. The summed E-state index contributed by atoms with van der Waals surface area (Å²) in [5.41, 5.74) is -3.71. The van der Waals surface area contributed by atoms with Crippen molar-refractivity contribution in [1.82, 2.24) is 5.32 Å². The van der Waals surface area contributed by atoms with Gasteiger partial charge in [-0.05, 0) is 30.0 Å². The van der Waals surface area contributed by atoms with E-state index < -0.39 is 11.3 Å². The summed E-state index contributed by atoms with van der Waals surface area (Å²) in [4.78, 5) is 0. The number of benzene rings is 1. The van der Waals surface area contributed by atoms with Gasteiger partial charge in [-0.15, -0.1) is 0 Å². The zero-order valence-corrected chi connectivity index (χ0v) is 12.3. The van der Waals surface area contributed by atoms with Crippen molar-refractivity contribution >= 4 is 11.8 Å². The second-order valence-corrected chi connectivity index (χ2v) is 5.22. The molecule has 0 heterocycles. The molecule has 0 unspecified atom stereocenters. The lowest BCUT2D eigenvalue weighted by molar-refractivity contribution is -0.0329. The monoisotopic (exact) mass is 327 g/mol. The van der Waals surface area contributed by atoms with Crippen molar-refractivity contribution in [1.29, 1.82) is 0 Å². The molecule has 0 aliphatic carbocycles. The van der Waals surface area contributed by atoms with Crippen LogP contribution >= 0.6 is 11.8 Å². The molecule has 0 radical (unpaired) electrons. The average Bonchev–Trinajstić information content (AvgIpc) is 2.40. The maximum Gasteiger partial charge on any atom is 0.441 e. The van der Waals surface area contributed by atoms with Crippen molar-refractivity contribution in [2.75, 3.05) is 32.6 Å². The molecular weight excluding hydrogens is 310 g/mol. The summed E-state index contributed by atoms with van der Waals surface area (Å²) >= 11 is -0.145. The van der Waals surface area contributed by atoms with Gasteiger partial charge in [-0.25, -0.2) is 4.39 Å². The standard InChI is InChI=1S/C13H17F4NO2S/c1-19-5-4-18-9-10-8-11(14)2-3-12(10)20-6-7-21-13(15,16)17/h2-3,8,18H,4-7,9H2,1H3. The number of ether oxygens (including phenoxy) is 2. The molecule has 0 spiro atoms. The Morgan fingerprint density at radius 1 is 1.24 bits per heavy atom. The molecule has 1 aromatic rings. The third-order valence-electron chi connectivity index (χ3n) is 2.43. The van der Waals surface area contributed by atoms with Crippen molar-refractivity contribution < 1.29 is 27.0 Å². The fourth-order valence-corrected chi connectivity index (χ4v) is 1.93. The number of hydrogen-bond donors (Lipinski definition) is 1. The van der Waals surface area contributed by atoms with Gasteiger partial charge >= 0.3 is 5.51 Å². The van der Waals surface area contributed by atoms with Crippen LogP contribution in [0.15, 0.2) is 18.2 Å². The molecule has 3 nitrogen and oxygen atoms in total. The number of methoxy groups -OCH3 is 1. The minimum absolute atomic E-state index is 0.0963. The van der Waals surface area contributed by atoms with Gasteiger partial charge in [0.2, 0.25) is 0 Å². The Kier molecular flexibility index (Phi) is 7.84. The summed E-state index contributed by atoms with van der Waals surface area (Å²) in [6, 6.07) is 3.93. The van der Waals surface area contributed by atoms with Gasteiger partial charge in [0.25, 0.3) is 0 Å². The van der Waals surface area contributed by atoms with Gasteiger partial charge < -0.3 is 14.8 Å². The molecule has 1 aromatic carbocycles. The van der Waals surface area contributed by atoms with E-state index in [-0.39, 0.29) is 24.1 Å². The van der Waals surface area contributed by atoms with E-state index in [9.17, 15) is 17.6 Å². The van der Waals surface area contributed by atoms with E-state index >= 15 is 0 Å². The van der Waals surface area contributed by atoms with Gasteiger partial charge in [0.1, 0.15) is 11.6 Å². The molecule has 0 bridgehead atoms. The summed E-state index contributed by atoms with van der Waals surface area (Å²) in [7, 11) is 1.57. The Bertz CT molecular complexity index is 429. The molecule has 1 N–H and O–H groups in total. The highest BCUT2D eigenvalue weighted by atomic mass is 32.2. The lowest BCUT2D eigenvalue weighted by atomic mass is 10.2. The molecule has 0 amide bonds. The number of halogens is 4. The number of rotatable bonds is 9. The van der Waals surface area contributed by atoms with Crippen LogP contribution in [0.3, 0.4) is 0 Å². The van der Waals surface area contributed by atoms with E-state index in [0.29, 0.717) is 31.0 Å². The smallest absolute Gasteiger partial charge is 0.441 e. The zero-order chi connectivity index (χ0) is 15.7. The third-order valence-corrected chi connectivity index (χ3v) is 3.13. The molecule has 0 saturated heterocycles. The normalized spacial score (nSPS) is 11.7. The van der Waals surface area contributed by atoms with Crippen LogP contribution in [0.1, 0.15) is 5.56 Å². The Hall–Kier alpha value is -0.990. The Balaban J connectivity index is 2.48. The molecule has 0 atom stereocenters. The second kappa shape index (κ2) is 9.11. The first-order valence-electron chi connectivity index (χ1n) is 6.24. The van der Waals surface area contributed by atoms with Gasteiger partial charge in [0, 0.05) is 31.5 Å². The van der Waals surface area contributed by atoms with Gasteiger partial charge in [-0.2, -0.15) is 13.2 Å². The van der Waals surface area contributed by atoms with Crippen LogP contribution in [0, 0.1) is 5.82 Å². The van der Waals surface area contributed by atoms with Crippen molar-refractivity contribution in [2.45, 2.75) is 12.1 Å². The van der Waals surface area contributed by atoms with Crippen LogP contribution in [0.2, 0.25) is 0 Å². The predicted molar refractivity (Wildman–Crippen MR) is 74.0 cm³/mol. The Morgan fingerprint density at radius 3 is 2.67 bits per heavy atom. The molecule has 0 aliphatic heterocycles. The maximum atomic E-state index is 13.2. The van der Waals surface area contributed by atoms with Crippen LogP contribution in [0.25, 0.3) is 0 Å². The fraction of sp³-hybridized carbons (Fsp3) is 0.538. The van der Waals surface area contributed by atoms with Crippen molar-refractivity contribution in [2.24, 2.45) is 0 Å². The zero-order valence-electron chi connectivity index (χ0n) is 11.5. The van der Waals surface area contributed by atoms with Crippen LogP contribution in [-0.2, 0) is 11.3 Å².